The Morgan fingerprint density at radius 2 is 2.25 bits per heavy atom. The van der Waals surface area contributed by atoms with Crippen LogP contribution in [0.4, 0.5) is 10.1 Å². The standard InChI is InChI=1S/C7H5FN2O2/c8-6-1-2-7(10(11)12)5(3-6)4-9/h1-4,9H. The highest BCUT2D eigenvalue weighted by molar-refractivity contribution is 5.82. The molecular formula is C7H5FN2O2. The summed E-state index contributed by atoms with van der Waals surface area (Å²) in [7, 11) is 0. The Labute approximate surface area is 67.3 Å². The monoisotopic (exact) mass is 168 g/mol. The van der Waals surface area contributed by atoms with Crippen LogP contribution in [0.25, 0.3) is 0 Å². The maximum absolute atomic E-state index is 12.5. The molecule has 0 radical (unpaired) electrons. The third-order valence-electron chi connectivity index (χ3n) is 1.34. The van der Waals surface area contributed by atoms with Crippen LogP contribution in [-0.2, 0) is 0 Å². The quantitative estimate of drug-likeness (QED) is 0.415. The Balaban J connectivity index is 3.29. The van der Waals surface area contributed by atoms with Crippen LogP contribution in [0.5, 0.6) is 0 Å². The number of nitrogens with zero attached hydrogens (tertiary/aromatic N) is 1. The zero-order valence-corrected chi connectivity index (χ0v) is 5.95. The highest BCUT2D eigenvalue weighted by Crippen LogP contribution is 2.16. The number of rotatable bonds is 2. The second kappa shape index (κ2) is 3.08. The van der Waals surface area contributed by atoms with Crippen LogP contribution in [0.3, 0.4) is 0 Å². The molecule has 0 fully saturated rings. The minimum atomic E-state index is -0.653. The zero-order valence-electron chi connectivity index (χ0n) is 5.95. The van der Waals surface area contributed by atoms with Crippen LogP contribution in [0.2, 0.25) is 0 Å². The van der Waals surface area contributed by atoms with Gasteiger partial charge < -0.3 is 5.41 Å². The van der Waals surface area contributed by atoms with Crippen molar-refractivity contribution in [3.63, 3.8) is 0 Å². The van der Waals surface area contributed by atoms with Gasteiger partial charge in [-0.05, 0) is 12.1 Å². The summed E-state index contributed by atoms with van der Waals surface area (Å²) in [4.78, 5) is 9.62. The van der Waals surface area contributed by atoms with Gasteiger partial charge in [0.05, 0.1) is 10.5 Å². The second-order valence-corrected chi connectivity index (χ2v) is 2.10. The molecule has 4 nitrogen and oxygen atoms in total. The fraction of sp³-hybridized carbons (Fsp3) is 0. The van der Waals surface area contributed by atoms with Crippen LogP contribution < -0.4 is 0 Å². The van der Waals surface area contributed by atoms with Gasteiger partial charge >= 0.3 is 0 Å². The molecule has 0 aliphatic heterocycles. The lowest BCUT2D eigenvalue weighted by Gasteiger charge is -1.95. The van der Waals surface area contributed by atoms with E-state index in [1.165, 1.54) is 0 Å². The van der Waals surface area contributed by atoms with Gasteiger partial charge in [-0.15, -0.1) is 0 Å². The average molecular weight is 168 g/mol. The lowest BCUT2D eigenvalue weighted by atomic mass is 10.2. The molecule has 62 valence electrons. The predicted molar refractivity (Wildman–Crippen MR) is 40.9 cm³/mol. The molecule has 0 amide bonds. The molecule has 0 bridgehead atoms. The summed E-state index contributed by atoms with van der Waals surface area (Å²) in [6.07, 6.45) is 0.751. The van der Waals surface area contributed by atoms with E-state index in [-0.39, 0.29) is 11.3 Å². The molecule has 0 aromatic heterocycles. The van der Waals surface area contributed by atoms with Crippen molar-refractivity contribution < 1.29 is 9.31 Å². The second-order valence-electron chi connectivity index (χ2n) is 2.10. The summed E-state index contributed by atoms with van der Waals surface area (Å²) < 4.78 is 12.5. The van der Waals surface area contributed by atoms with Crippen LogP contribution >= 0.6 is 0 Å². The van der Waals surface area contributed by atoms with Gasteiger partial charge in [-0.25, -0.2) is 4.39 Å². The van der Waals surface area contributed by atoms with E-state index in [4.69, 9.17) is 5.41 Å². The van der Waals surface area contributed by atoms with Crippen molar-refractivity contribution in [2.24, 2.45) is 0 Å². The summed E-state index contributed by atoms with van der Waals surface area (Å²) in [6, 6.07) is 2.98. The summed E-state index contributed by atoms with van der Waals surface area (Å²) in [6.45, 7) is 0. The molecule has 0 heterocycles. The molecule has 1 aromatic rings. The van der Waals surface area contributed by atoms with E-state index >= 15 is 0 Å². The Bertz CT molecular complexity index is 338. The first kappa shape index (κ1) is 8.32. The molecular weight excluding hydrogens is 163 g/mol. The van der Waals surface area contributed by atoms with Gasteiger partial charge in [-0.3, -0.25) is 10.1 Å². The van der Waals surface area contributed by atoms with Crippen molar-refractivity contribution in [2.45, 2.75) is 0 Å². The number of benzene rings is 1. The Morgan fingerprint density at radius 3 is 2.75 bits per heavy atom. The lowest BCUT2D eigenvalue weighted by molar-refractivity contribution is -0.385. The lowest BCUT2D eigenvalue weighted by Crippen LogP contribution is -1.94. The molecule has 1 aromatic carbocycles. The van der Waals surface area contributed by atoms with Crippen molar-refractivity contribution >= 4 is 11.9 Å². The molecule has 0 unspecified atom stereocenters. The van der Waals surface area contributed by atoms with Crippen molar-refractivity contribution in [3.8, 4) is 0 Å². The minimum Gasteiger partial charge on any atom is -0.308 e. The Hall–Kier alpha value is -1.78. The van der Waals surface area contributed by atoms with Crippen molar-refractivity contribution in [2.75, 3.05) is 0 Å². The molecule has 1 rings (SSSR count). The van der Waals surface area contributed by atoms with E-state index in [2.05, 4.69) is 0 Å². The van der Waals surface area contributed by atoms with Crippen molar-refractivity contribution in [1.29, 1.82) is 5.41 Å². The maximum Gasteiger partial charge on any atom is 0.278 e. The molecule has 0 atom stereocenters. The number of nitrogens with one attached hydrogen (secondary N) is 1. The molecule has 0 aliphatic carbocycles. The summed E-state index contributed by atoms with van der Waals surface area (Å²) in [5, 5.41) is 17.1. The van der Waals surface area contributed by atoms with E-state index in [0.29, 0.717) is 0 Å². The van der Waals surface area contributed by atoms with Gasteiger partial charge in [0.2, 0.25) is 0 Å². The third-order valence-corrected chi connectivity index (χ3v) is 1.34. The summed E-state index contributed by atoms with van der Waals surface area (Å²) in [5.41, 5.74) is -0.286. The van der Waals surface area contributed by atoms with Gasteiger partial charge in [-0.2, -0.15) is 0 Å². The Kier molecular flexibility index (Phi) is 2.14. The zero-order chi connectivity index (χ0) is 9.14. The van der Waals surface area contributed by atoms with Gasteiger partial charge in [0.25, 0.3) is 5.69 Å². The van der Waals surface area contributed by atoms with Gasteiger partial charge in [0.1, 0.15) is 5.82 Å². The fourth-order valence-electron chi connectivity index (χ4n) is 0.807. The molecule has 0 saturated carbocycles. The number of hydrogen-bond donors (Lipinski definition) is 1. The highest BCUT2D eigenvalue weighted by atomic mass is 19.1. The number of nitro groups is 1. The first-order valence-electron chi connectivity index (χ1n) is 3.09. The van der Waals surface area contributed by atoms with Gasteiger partial charge in [-0.1, -0.05) is 0 Å². The molecule has 12 heavy (non-hydrogen) atoms. The van der Waals surface area contributed by atoms with Crippen LogP contribution in [-0.4, -0.2) is 11.1 Å². The number of hydrogen-bond acceptors (Lipinski definition) is 3. The Morgan fingerprint density at radius 1 is 1.58 bits per heavy atom. The SMILES string of the molecule is N=Cc1cc(F)ccc1[N+](=O)[O-]. The first-order chi connectivity index (χ1) is 5.65. The van der Waals surface area contributed by atoms with Crippen LogP contribution in [0, 0.1) is 21.3 Å². The summed E-state index contributed by atoms with van der Waals surface area (Å²) >= 11 is 0. The topological polar surface area (TPSA) is 67.0 Å². The molecule has 0 aliphatic rings. The largest absolute Gasteiger partial charge is 0.308 e. The minimum absolute atomic E-state index is 0.0278. The molecule has 1 N–H and O–H groups in total. The van der Waals surface area contributed by atoms with Crippen molar-refractivity contribution in [1.82, 2.24) is 0 Å². The van der Waals surface area contributed by atoms with Crippen molar-refractivity contribution in [3.05, 3.63) is 39.7 Å². The normalized spacial score (nSPS) is 9.42. The smallest absolute Gasteiger partial charge is 0.278 e. The van der Waals surface area contributed by atoms with E-state index in [9.17, 15) is 14.5 Å². The van der Waals surface area contributed by atoms with E-state index in [1.807, 2.05) is 0 Å². The summed E-state index contributed by atoms with van der Waals surface area (Å²) in [5.74, 6) is -0.584. The van der Waals surface area contributed by atoms with E-state index < -0.39 is 10.7 Å². The van der Waals surface area contributed by atoms with Crippen LogP contribution in [0.15, 0.2) is 18.2 Å². The maximum atomic E-state index is 12.5. The number of halogens is 1. The fourth-order valence-corrected chi connectivity index (χ4v) is 0.807. The third kappa shape index (κ3) is 1.45. The molecule has 5 heteroatoms. The number of nitro benzene ring substituents is 1. The van der Waals surface area contributed by atoms with E-state index in [1.54, 1.807) is 0 Å². The first-order valence-corrected chi connectivity index (χ1v) is 3.09. The average Bonchev–Trinajstić information content (AvgIpc) is 2.03. The highest BCUT2D eigenvalue weighted by Gasteiger charge is 2.11. The predicted octanol–water partition coefficient (Wildman–Crippen LogP) is 1.73. The van der Waals surface area contributed by atoms with Gasteiger partial charge in [0.15, 0.2) is 0 Å². The van der Waals surface area contributed by atoms with E-state index in [0.717, 1.165) is 24.4 Å². The molecule has 0 spiro atoms. The van der Waals surface area contributed by atoms with Gasteiger partial charge in [0, 0.05) is 12.3 Å². The molecule has 0 saturated heterocycles. The van der Waals surface area contributed by atoms with Crippen LogP contribution in [0.1, 0.15) is 5.56 Å².